The number of piperidine rings is 1. The van der Waals surface area contributed by atoms with Gasteiger partial charge in [0.1, 0.15) is 0 Å². The molecule has 0 aromatic carbocycles. The van der Waals surface area contributed by atoms with Crippen LogP contribution in [0.2, 0.25) is 0 Å². The van der Waals surface area contributed by atoms with E-state index in [9.17, 15) is 0 Å². The van der Waals surface area contributed by atoms with E-state index in [4.69, 9.17) is 4.74 Å². The number of nitrogens with one attached hydrogen (secondary N) is 1. The quantitative estimate of drug-likeness (QED) is 0.892. The third kappa shape index (κ3) is 3.45. The van der Waals surface area contributed by atoms with Crippen molar-refractivity contribution in [2.45, 2.75) is 37.5 Å². The van der Waals surface area contributed by atoms with E-state index in [1.54, 1.807) is 0 Å². The van der Waals surface area contributed by atoms with E-state index >= 15 is 0 Å². The van der Waals surface area contributed by atoms with Gasteiger partial charge in [0.25, 0.3) is 0 Å². The number of hydrogen-bond acceptors (Lipinski definition) is 5. The number of likely N-dealkylation sites (tertiary alicyclic amines) is 1. The molecule has 6 nitrogen and oxygen atoms in total. The van der Waals surface area contributed by atoms with E-state index in [1.165, 1.54) is 51.1 Å². The molecule has 128 valence electrons. The lowest BCUT2D eigenvalue weighted by Gasteiger charge is -2.39. The Balaban J connectivity index is 1.28. The predicted octanol–water partition coefficient (Wildman–Crippen LogP) is 0.781. The number of aromatic amines is 1. The Morgan fingerprint density at radius 3 is 2.70 bits per heavy atom. The second-order valence-corrected chi connectivity index (χ2v) is 7.55. The van der Waals surface area contributed by atoms with Crippen molar-refractivity contribution in [3.63, 3.8) is 0 Å². The summed E-state index contributed by atoms with van der Waals surface area (Å²) < 4.78 is 6.36. The minimum atomic E-state index is 0.151. The zero-order chi connectivity index (χ0) is 15.7. The Hall–Kier alpha value is -0.950. The van der Waals surface area contributed by atoms with Crippen molar-refractivity contribution >= 4 is 0 Å². The van der Waals surface area contributed by atoms with E-state index in [1.807, 2.05) is 6.20 Å². The molecule has 0 radical (unpaired) electrons. The maximum Gasteiger partial charge on any atom is 0.0723 e. The van der Waals surface area contributed by atoms with Gasteiger partial charge in [-0.3, -0.25) is 14.9 Å². The van der Waals surface area contributed by atoms with Gasteiger partial charge in [-0.1, -0.05) is 0 Å². The summed E-state index contributed by atoms with van der Waals surface area (Å²) in [6.07, 6.45) is 5.41. The van der Waals surface area contributed by atoms with E-state index in [2.05, 4.69) is 38.0 Å². The van der Waals surface area contributed by atoms with E-state index in [0.717, 1.165) is 26.2 Å². The molecule has 3 saturated heterocycles. The normalized spacial score (nSPS) is 30.2. The van der Waals surface area contributed by atoms with Crippen LogP contribution in [0.5, 0.6) is 0 Å². The molecule has 3 aliphatic heterocycles. The fraction of sp³-hybridized carbons (Fsp3) is 0.824. The van der Waals surface area contributed by atoms with Gasteiger partial charge in [0.2, 0.25) is 0 Å². The monoisotopic (exact) mass is 319 g/mol. The van der Waals surface area contributed by atoms with Crippen molar-refractivity contribution in [2.75, 3.05) is 52.9 Å². The van der Waals surface area contributed by atoms with Gasteiger partial charge in [-0.25, -0.2) is 0 Å². The third-order valence-electron chi connectivity index (χ3n) is 5.96. The van der Waals surface area contributed by atoms with Crippen LogP contribution in [0.25, 0.3) is 0 Å². The highest BCUT2D eigenvalue weighted by molar-refractivity contribution is 5.01. The number of likely N-dealkylation sites (N-methyl/N-ethyl adjacent to an activating group) is 1. The average Bonchev–Trinajstić information content (AvgIpc) is 3.21. The van der Waals surface area contributed by atoms with Crippen molar-refractivity contribution in [2.24, 2.45) is 0 Å². The maximum absolute atomic E-state index is 6.36. The van der Waals surface area contributed by atoms with Gasteiger partial charge in [-0.15, -0.1) is 0 Å². The molecular weight excluding hydrogens is 290 g/mol. The number of aromatic nitrogens is 2. The number of ether oxygens (including phenoxy) is 1. The van der Waals surface area contributed by atoms with Gasteiger partial charge in [0.05, 0.1) is 12.2 Å². The first-order chi connectivity index (χ1) is 11.2. The van der Waals surface area contributed by atoms with Crippen molar-refractivity contribution < 1.29 is 4.74 Å². The number of hydrogen-bond donors (Lipinski definition) is 1. The van der Waals surface area contributed by atoms with Crippen molar-refractivity contribution in [3.8, 4) is 0 Å². The molecule has 1 spiro atoms. The zero-order valence-electron chi connectivity index (χ0n) is 14.2. The summed E-state index contributed by atoms with van der Waals surface area (Å²) in [5.74, 6) is 0. The first-order valence-electron chi connectivity index (χ1n) is 9.00. The van der Waals surface area contributed by atoms with Crippen LogP contribution in [0.15, 0.2) is 12.3 Å². The molecule has 0 amide bonds. The smallest absolute Gasteiger partial charge is 0.0723 e. The summed E-state index contributed by atoms with van der Waals surface area (Å²) >= 11 is 0. The van der Waals surface area contributed by atoms with Gasteiger partial charge in [-0.2, -0.15) is 5.10 Å². The fourth-order valence-corrected chi connectivity index (χ4v) is 4.32. The number of piperazine rings is 1. The highest BCUT2D eigenvalue weighted by atomic mass is 16.5. The molecular formula is C17H29N5O. The number of nitrogens with zero attached hydrogens (tertiary/aromatic N) is 4. The standard InChI is InChI=1S/C17H29N5O/c1-20-8-10-22(11-9-20)16-12-17(23-14-16)3-6-21(7-4-17)13-15-2-5-18-19-15/h2,5,16H,3-4,6-14H2,1H3,(H,18,19)/t16-/m0/s1. The second-order valence-electron chi connectivity index (χ2n) is 7.55. The zero-order valence-corrected chi connectivity index (χ0v) is 14.2. The van der Waals surface area contributed by atoms with Gasteiger partial charge in [0.15, 0.2) is 0 Å². The lowest BCUT2D eigenvalue weighted by molar-refractivity contribution is -0.0456. The topological polar surface area (TPSA) is 47.6 Å². The van der Waals surface area contributed by atoms with Crippen LogP contribution in [0.4, 0.5) is 0 Å². The SMILES string of the molecule is CN1CCN([C@@H]2COC3(CCN(Cc4ccn[nH]4)CC3)C2)CC1. The van der Waals surface area contributed by atoms with Crippen molar-refractivity contribution in [1.82, 2.24) is 24.9 Å². The fourth-order valence-electron chi connectivity index (χ4n) is 4.32. The van der Waals surface area contributed by atoms with E-state index in [0.29, 0.717) is 6.04 Å². The molecule has 1 aromatic heterocycles. The summed E-state index contributed by atoms with van der Waals surface area (Å²) in [5.41, 5.74) is 1.36. The maximum atomic E-state index is 6.36. The highest BCUT2D eigenvalue weighted by Gasteiger charge is 2.44. The van der Waals surface area contributed by atoms with Crippen LogP contribution in [-0.4, -0.2) is 89.5 Å². The van der Waals surface area contributed by atoms with E-state index in [-0.39, 0.29) is 5.60 Å². The Labute approximate surface area is 138 Å². The van der Waals surface area contributed by atoms with Crippen LogP contribution < -0.4 is 0 Å². The summed E-state index contributed by atoms with van der Waals surface area (Å²) in [5, 5.41) is 7.11. The van der Waals surface area contributed by atoms with Crippen LogP contribution >= 0.6 is 0 Å². The Morgan fingerprint density at radius 1 is 1.22 bits per heavy atom. The van der Waals surface area contributed by atoms with Crippen LogP contribution in [0.1, 0.15) is 25.0 Å². The number of H-pyrrole nitrogens is 1. The second kappa shape index (κ2) is 6.51. The largest absolute Gasteiger partial charge is 0.373 e. The van der Waals surface area contributed by atoms with Gasteiger partial charge in [-0.05, 0) is 32.4 Å². The molecule has 4 rings (SSSR count). The highest BCUT2D eigenvalue weighted by Crippen LogP contribution is 2.38. The molecule has 0 saturated carbocycles. The minimum Gasteiger partial charge on any atom is -0.373 e. The van der Waals surface area contributed by atoms with Gasteiger partial charge >= 0.3 is 0 Å². The summed E-state index contributed by atoms with van der Waals surface area (Å²) in [7, 11) is 2.22. The molecule has 3 fully saturated rings. The molecule has 1 atom stereocenters. The molecule has 4 heterocycles. The summed E-state index contributed by atoms with van der Waals surface area (Å²) in [4.78, 5) is 7.60. The Morgan fingerprint density at radius 2 is 2.00 bits per heavy atom. The van der Waals surface area contributed by atoms with Gasteiger partial charge in [0, 0.05) is 63.7 Å². The van der Waals surface area contributed by atoms with Gasteiger partial charge < -0.3 is 9.64 Å². The molecule has 1 N–H and O–H groups in total. The molecule has 0 unspecified atom stereocenters. The number of rotatable bonds is 3. The Bertz CT molecular complexity index is 489. The Kier molecular flexibility index (Phi) is 4.41. The molecule has 1 aromatic rings. The van der Waals surface area contributed by atoms with Crippen LogP contribution in [0, 0.1) is 0 Å². The molecule has 0 bridgehead atoms. The minimum absolute atomic E-state index is 0.151. The first kappa shape index (κ1) is 15.6. The molecule has 0 aliphatic carbocycles. The predicted molar refractivity (Wildman–Crippen MR) is 89.3 cm³/mol. The average molecular weight is 319 g/mol. The molecule has 23 heavy (non-hydrogen) atoms. The molecule has 6 heteroatoms. The van der Waals surface area contributed by atoms with Crippen LogP contribution in [0.3, 0.4) is 0 Å². The lowest BCUT2D eigenvalue weighted by atomic mass is 9.87. The lowest BCUT2D eigenvalue weighted by Crippen LogP contribution is -2.50. The van der Waals surface area contributed by atoms with E-state index < -0.39 is 0 Å². The molecule has 3 aliphatic rings. The van der Waals surface area contributed by atoms with Crippen LogP contribution in [-0.2, 0) is 11.3 Å². The van der Waals surface area contributed by atoms with Crippen molar-refractivity contribution in [1.29, 1.82) is 0 Å². The third-order valence-corrected chi connectivity index (χ3v) is 5.96. The summed E-state index contributed by atoms with van der Waals surface area (Å²) in [6.45, 7) is 8.98. The first-order valence-corrected chi connectivity index (χ1v) is 9.00. The summed E-state index contributed by atoms with van der Waals surface area (Å²) in [6, 6.07) is 2.71. The van der Waals surface area contributed by atoms with Crippen molar-refractivity contribution in [3.05, 3.63) is 18.0 Å².